The van der Waals surface area contributed by atoms with Crippen molar-refractivity contribution in [2.45, 2.75) is 18.2 Å². The molecule has 0 bridgehead atoms. The molecule has 2 heterocycles. The molecule has 0 aromatic carbocycles. The van der Waals surface area contributed by atoms with E-state index in [2.05, 4.69) is 40.4 Å². The Morgan fingerprint density at radius 3 is 2.88 bits per heavy atom. The first-order valence-corrected chi connectivity index (χ1v) is 6.02. The van der Waals surface area contributed by atoms with Crippen molar-refractivity contribution in [2.24, 2.45) is 0 Å². The highest BCUT2D eigenvalue weighted by atomic mass is 32.1. The lowest BCUT2D eigenvalue weighted by Crippen LogP contribution is -2.41. The van der Waals surface area contributed by atoms with E-state index in [4.69, 9.17) is 0 Å². The van der Waals surface area contributed by atoms with Crippen molar-refractivity contribution in [2.75, 3.05) is 5.75 Å². The minimum Gasteiger partial charge on any atom is -0.290 e. The number of hydrogen-bond donors (Lipinski definition) is 4. The van der Waals surface area contributed by atoms with E-state index in [9.17, 15) is 9.59 Å². The van der Waals surface area contributed by atoms with Crippen LogP contribution in [0.4, 0.5) is 0 Å². The first kappa shape index (κ1) is 12.3. The molecule has 92 valence electrons. The van der Waals surface area contributed by atoms with Crippen LogP contribution in [-0.2, 0) is 6.54 Å². The first-order chi connectivity index (χ1) is 7.94. The zero-order valence-electron chi connectivity index (χ0n) is 9.10. The molecule has 0 spiro atoms. The maximum Gasteiger partial charge on any atom is 0.330 e. The topological polar surface area (TPSA) is 83.5 Å². The number of fused-ring (bicyclic) bond motifs is 1. The molecule has 2 N–H and O–H groups in total. The van der Waals surface area contributed by atoms with Crippen molar-refractivity contribution in [1.29, 1.82) is 0 Å². The molecule has 0 radical (unpaired) electrons. The summed E-state index contributed by atoms with van der Waals surface area (Å²) < 4.78 is 0.582. The highest BCUT2D eigenvalue weighted by molar-refractivity contribution is 7.85. The molecule has 0 aliphatic rings. The Labute approximate surface area is 107 Å². The SMILES string of the molecule is C[C@](S)(CS)Cn1c(=O)[nH]c2n[nH]cc2c1=O. The van der Waals surface area contributed by atoms with Crippen LogP contribution in [0.3, 0.4) is 0 Å². The van der Waals surface area contributed by atoms with E-state index in [-0.39, 0.29) is 17.8 Å². The first-order valence-electron chi connectivity index (χ1n) is 4.94. The Morgan fingerprint density at radius 2 is 2.24 bits per heavy atom. The third-order valence-electron chi connectivity index (χ3n) is 2.43. The largest absolute Gasteiger partial charge is 0.330 e. The van der Waals surface area contributed by atoms with Crippen LogP contribution in [0.2, 0.25) is 0 Å². The Bertz CT molecular complexity index is 655. The number of thiol groups is 2. The van der Waals surface area contributed by atoms with Crippen molar-refractivity contribution < 1.29 is 0 Å². The molecule has 1 atom stereocenters. The summed E-state index contributed by atoms with van der Waals surface area (Å²) in [6.45, 7) is 2.00. The molecule has 0 saturated carbocycles. The fourth-order valence-corrected chi connectivity index (χ4v) is 1.73. The van der Waals surface area contributed by atoms with Gasteiger partial charge >= 0.3 is 5.69 Å². The molecule has 0 unspecified atom stereocenters. The molecule has 0 amide bonds. The molecule has 2 aromatic heterocycles. The molecular weight excluding hydrogens is 260 g/mol. The van der Waals surface area contributed by atoms with Crippen LogP contribution >= 0.6 is 25.3 Å². The van der Waals surface area contributed by atoms with Crippen molar-refractivity contribution in [3.05, 3.63) is 27.0 Å². The van der Waals surface area contributed by atoms with Gasteiger partial charge in [0.15, 0.2) is 5.65 Å². The van der Waals surface area contributed by atoms with Gasteiger partial charge in [0.25, 0.3) is 5.56 Å². The van der Waals surface area contributed by atoms with Gasteiger partial charge in [0.05, 0.1) is 0 Å². The van der Waals surface area contributed by atoms with Crippen LogP contribution in [0.15, 0.2) is 15.8 Å². The molecule has 2 aromatic rings. The number of nitrogens with zero attached hydrogens (tertiary/aromatic N) is 2. The summed E-state index contributed by atoms with van der Waals surface area (Å²) in [5.41, 5.74) is -0.598. The zero-order valence-corrected chi connectivity index (χ0v) is 10.9. The van der Waals surface area contributed by atoms with E-state index < -0.39 is 10.4 Å². The smallest absolute Gasteiger partial charge is 0.290 e. The van der Waals surface area contributed by atoms with Gasteiger partial charge in [-0.3, -0.25) is 19.4 Å². The highest BCUT2D eigenvalue weighted by Gasteiger charge is 2.21. The van der Waals surface area contributed by atoms with E-state index in [1.54, 1.807) is 0 Å². The summed E-state index contributed by atoms with van der Waals surface area (Å²) in [6.07, 6.45) is 1.46. The summed E-state index contributed by atoms with van der Waals surface area (Å²) in [4.78, 5) is 26.3. The lowest BCUT2D eigenvalue weighted by molar-refractivity contribution is 0.544. The Hall–Kier alpha value is -1.15. The van der Waals surface area contributed by atoms with Gasteiger partial charge in [-0.25, -0.2) is 4.79 Å². The predicted molar refractivity (Wildman–Crippen MR) is 72.2 cm³/mol. The van der Waals surface area contributed by atoms with E-state index in [1.807, 2.05) is 6.92 Å². The van der Waals surface area contributed by atoms with Crippen LogP contribution in [0.5, 0.6) is 0 Å². The van der Waals surface area contributed by atoms with E-state index >= 15 is 0 Å². The van der Waals surface area contributed by atoms with Crippen molar-refractivity contribution in [3.63, 3.8) is 0 Å². The van der Waals surface area contributed by atoms with Crippen LogP contribution in [-0.4, -0.2) is 30.2 Å². The van der Waals surface area contributed by atoms with Crippen LogP contribution in [0, 0.1) is 0 Å². The van der Waals surface area contributed by atoms with Gasteiger partial charge in [-0.1, -0.05) is 0 Å². The number of rotatable bonds is 3. The standard InChI is InChI=1S/C9H12N4O2S2/c1-9(17,4-16)3-13-7(14)5-2-10-12-6(5)11-8(13)15/h2,16-17H,3-4H2,1H3,(H2,10,11,12,15)/t9-/m1/s1. The van der Waals surface area contributed by atoms with Crippen LogP contribution < -0.4 is 11.2 Å². The van der Waals surface area contributed by atoms with Gasteiger partial charge in [-0.15, -0.1) is 0 Å². The normalized spacial score (nSPS) is 15.0. The molecular formula is C9H12N4O2S2. The second-order valence-corrected chi connectivity index (χ2v) is 5.52. The highest BCUT2D eigenvalue weighted by Crippen LogP contribution is 2.16. The average molecular weight is 272 g/mol. The molecule has 0 aliphatic carbocycles. The lowest BCUT2D eigenvalue weighted by Gasteiger charge is -2.21. The van der Waals surface area contributed by atoms with Gasteiger partial charge in [0.2, 0.25) is 0 Å². The minimum atomic E-state index is -0.530. The van der Waals surface area contributed by atoms with Crippen LogP contribution in [0.25, 0.3) is 11.0 Å². The van der Waals surface area contributed by atoms with Gasteiger partial charge in [-0.05, 0) is 6.92 Å². The monoisotopic (exact) mass is 272 g/mol. The Morgan fingerprint density at radius 1 is 1.53 bits per heavy atom. The van der Waals surface area contributed by atoms with Gasteiger partial charge < -0.3 is 0 Å². The van der Waals surface area contributed by atoms with Gasteiger partial charge in [0, 0.05) is 23.2 Å². The number of aromatic nitrogens is 4. The van der Waals surface area contributed by atoms with Crippen molar-refractivity contribution in [3.8, 4) is 0 Å². The summed E-state index contributed by atoms with van der Waals surface area (Å²) in [6, 6.07) is 0. The summed E-state index contributed by atoms with van der Waals surface area (Å²) in [5, 5.41) is 6.67. The van der Waals surface area contributed by atoms with E-state index in [0.29, 0.717) is 11.1 Å². The predicted octanol–water partition coefficient (Wildman–Crippen LogP) is 0.0312. The fourth-order valence-electron chi connectivity index (χ4n) is 1.49. The minimum absolute atomic E-state index is 0.189. The molecule has 17 heavy (non-hydrogen) atoms. The van der Waals surface area contributed by atoms with Crippen molar-refractivity contribution in [1.82, 2.24) is 19.7 Å². The Balaban J connectivity index is 2.62. The lowest BCUT2D eigenvalue weighted by atomic mass is 10.2. The number of hydrogen-bond acceptors (Lipinski definition) is 5. The maximum atomic E-state index is 12.0. The Kier molecular flexibility index (Phi) is 3.09. The van der Waals surface area contributed by atoms with Crippen LogP contribution in [0.1, 0.15) is 6.92 Å². The molecule has 6 nitrogen and oxygen atoms in total. The van der Waals surface area contributed by atoms with Crippen molar-refractivity contribution >= 4 is 36.3 Å². The molecule has 0 saturated heterocycles. The molecule has 2 rings (SSSR count). The second kappa shape index (κ2) is 4.26. The van der Waals surface area contributed by atoms with E-state index in [1.165, 1.54) is 6.20 Å². The summed E-state index contributed by atoms with van der Waals surface area (Å²) in [7, 11) is 0. The van der Waals surface area contributed by atoms with E-state index in [0.717, 1.165) is 4.57 Å². The van der Waals surface area contributed by atoms with Gasteiger partial charge in [-0.2, -0.15) is 30.4 Å². The molecule has 8 heteroatoms. The summed E-state index contributed by atoms with van der Waals surface area (Å²) >= 11 is 8.50. The molecule has 0 fully saturated rings. The second-order valence-electron chi connectivity index (χ2n) is 4.12. The number of aromatic amines is 2. The van der Waals surface area contributed by atoms with Gasteiger partial charge in [0.1, 0.15) is 5.39 Å². The maximum absolute atomic E-state index is 12.0. The molecule has 0 aliphatic heterocycles. The third-order valence-corrected chi connectivity index (χ3v) is 3.67. The summed E-state index contributed by atoms with van der Waals surface area (Å²) in [5.74, 6) is 0.450. The third kappa shape index (κ3) is 2.27. The quantitative estimate of drug-likeness (QED) is 0.595. The number of H-pyrrole nitrogens is 2. The zero-order chi connectivity index (χ0) is 12.6. The average Bonchev–Trinajstić information content (AvgIpc) is 2.72. The fraction of sp³-hybridized carbons (Fsp3) is 0.444. The number of nitrogens with one attached hydrogen (secondary N) is 2.